The topological polar surface area (TPSA) is 41.3 Å². The molecule has 1 N–H and O–H groups in total. The summed E-state index contributed by atoms with van der Waals surface area (Å²) in [6, 6.07) is 0. The monoisotopic (exact) mass is 235 g/mol. The molecular weight excluding hydrogens is 214 g/mol. The van der Waals surface area contributed by atoms with E-state index in [1.807, 2.05) is 6.20 Å². The van der Waals surface area contributed by atoms with E-state index in [9.17, 15) is 5.11 Å². The third-order valence-electron chi connectivity index (χ3n) is 4.02. The van der Waals surface area contributed by atoms with Crippen LogP contribution in [0.4, 0.5) is 0 Å². The Balaban J connectivity index is 1.66. The number of nitrogens with zero attached hydrogens (tertiary/aromatic N) is 3. The van der Waals surface area contributed by atoms with Gasteiger partial charge in [-0.1, -0.05) is 0 Å². The molecule has 1 atom stereocenters. The van der Waals surface area contributed by atoms with Crippen LogP contribution in [0.3, 0.4) is 0 Å². The van der Waals surface area contributed by atoms with Gasteiger partial charge < -0.3 is 14.6 Å². The second-order valence-corrected chi connectivity index (χ2v) is 5.21. The lowest BCUT2D eigenvalue weighted by Gasteiger charge is -2.22. The van der Waals surface area contributed by atoms with Crippen molar-refractivity contribution in [2.75, 3.05) is 19.6 Å². The van der Waals surface area contributed by atoms with Crippen LogP contribution in [-0.2, 0) is 13.0 Å². The lowest BCUT2D eigenvalue weighted by Crippen LogP contribution is -2.24. The van der Waals surface area contributed by atoms with Gasteiger partial charge >= 0.3 is 0 Å². The smallest absolute Gasteiger partial charge is 0.110 e. The van der Waals surface area contributed by atoms with Gasteiger partial charge in [0, 0.05) is 19.5 Å². The first kappa shape index (κ1) is 11.2. The van der Waals surface area contributed by atoms with Crippen molar-refractivity contribution >= 4 is 0 Å². The number of aromatic nitrogens is 2. The first-order valence-corrected chi connectivity index (χ1v) is 6.79. The summed E-state index contributed by atoms with van der Waals surface area (Å²) in [5.41, 5.74) is 1.02. The van der Waals surface area contributed by atoms with Crippen molar-refractivity contribution in [3.63, 3.8) is 0 Å². The first-order valence-electron chi connectivity index (χ1n) is 6.79. The van der Waals surface area contributed by atoms with Crippen LogP contribution in [0, 0.1) is 0 Å². The molecule has 2 aliphatic heterocycles. The van der Waals surface area contributed by atoms with E-state index in [1.165, 1.54) is 25.9 Å². The summed E-state index contributed by atoms with van der Waals surface area (Å²) in [4.78, 5) is 7.00. The van der Waals surface area contributed by atoms with Crippen LogP contribution in [-0.4, -0.2) is 39.2 Å². The van der Waals surface area contributed by atoms with Crippen LogP contribution in [0.5, 0.6) is 0 Å². The zero-order valence-electron chi connectivity index (χ0n) is 10.3. The molecule has 1 saturated heterocycles. The molecule has 0 spiro atoms. The molecule has 2 aliphatic rings. The predicted octanol–water partition coefficient (Wildman–Crippen LogP) is 1.35. The third-order valence-corrected chi connectivity index (χ3v) is 4.02. The van der Waals surface area contributed by atoms with E-state index in [0.717, 1.165) is 43.9 Å². The maximum absolute atomic E-state index is 9.88. The quantitative estimate of drug-likeness (QED) is 0.860. The van der Waals surface area contributed by atoms with Gasteiger partial charge in [-0.25, -0.2) is 4.98 Å². The molecule has 94 valence electrons. The molecule has 0 aliphatic carbocycles. The highest BCUT2D eigenvalue weighted by atomic mass is 16.3. The van der Waals surface area contributed by atoms with Crippen molar-refractivity contribution in [2.24, 2.45) is 0 Å². The Hall–Kier alpha value is -0.870. The lowest BCUT2D eigenvalue weighted by atomic mass is 10.1. The number of hydrogen-bond acceptors (Lipinski definition) is 3. The second-order valence-electron chi connectivity index (χ2n) is 5.21. The minimum absolute atomic E-state index is 0.295. The summed E-state index contributed by atoms with van der Waals surface area (Å²) in [7, 11) is 0. The van der Waals surface area contributed by atoms with Crippen LogP contribution in [0.2, 0.25) is 0 Å². The van der Waals surface area contributed by atoms with Crippen molar-refractivity contribution in [3.8, 4) is 0 Å². The summed E-state index contributed by atoms with van der Waals surface area (Å²) in [5, 5.41) is 9.88. The van der Waals surface area contributed by atoms with Crippen molar-refractivity contribution < 1.29 is 5.11 Å². The average molecular weight is 235 g/mol. The van der Waals surface area contributed by atoms with Gasteiger partial charge in [0.2, 0.25) is 0 Å². The minimum atomic E-state index is -0.295. The maximum atomic E-state index is 9.88. The van der Waals surface area contributed by atoms with Gasteiger partial charge in [0.1, 0.15) is 5.82 Å². The van der Waals surface area contributed by atoms with Crippen LogP contribution < -0.4 is 0 Å². The summed E-state index contributed by atoms with van der Waals surface area (Å²) in [5.74, 6) is 1.16. The largest absolute Gasteiger partial charge is 0.387 e. The van der Waals surface area contributed by atoms with E-state index >= 15 is 0 Å². The fourth-order valence-corrected chi connectivity index (χ4v) is 3.01. The van der Waals surface area contributed by atoms with Crippen LogP contribution in [0.1, 0.15) is 43.3 Å². The SMILES string of the molecule is OC1CCCn2c1cnc2CCN1CCCC1. The summed E-state index contributed by atoms with van der Waals surface area (Å²) in [6.45, 7) is 4.64. The standard InChI is InChI=1S/C13H21N3O/c17-12-4-3-8-16-11(12)10-14-13(16)5-9-15-6-1-2-7-15/h10,12,17H,1-9H2. The Morgan fingerprint density at radius 1 is 1.24 bits per heavy atom. The summed E-state index contributed by atoms with van der Waals surface area (Å²) < 4.78 is 2.23. The summed E-state index contributed by atoms with van der Waals surface area (Å²) in [6.07, 6.45) is 7.24. The van der Waals surface area contributed by atoms with E-state index in [4.69, 9.17) is 0 Å². The highest BCUT2D eigenvalue weighted by Gasteiger charge is 2.21. The molecule has 4 heteroatoms. The molecule has 0 aromatic carbocycles. The van der Waals surface area contributed by atoms with Gasteiger partial charge in [0.15, 0.2) is 0 Å². The molecule has 1 fully saturated rings. The molecule has 17 heavy (non-hydrogen) atoms. The van der Waals surface area contributed by atoms with E-state index in [2.05, 4.69) is 14.5 Å². The minimum Gasteiger partial charge on any atom is -0.387 e. The fraction of sp³-hybridized carbons (Fsp3) is 0.769. The predicted molar refractivity (Wildman–Crippen MR) is 65.8 cm³/mol. The molecule has 0 bridgehead atoms. The van der Waals surface area contributed by atoms with Gasteiger partial charge in [-0.2, -0.15) is 0 Å². The molecule has 3 heterocycles. The maximum Gasteiger partial charge on any atom is 0.110 e. The third kappa shape index (κ3) is 2.24. The van der Waals surface area contributed by atoms with Crippen LogP contribution in [0.15, 0.2) is 6.20 Å². The molecular formula is C13H21N3O. The fourth-order valence-electron chi connectivity index (χ4n) is 3.01. The first-order chi connectivity index (χ1) is 8.34. The highest BCUT2D eigenvalue weighted by Crippen LogP contribution is 2.25. The van der Waals surface area contributed by atoms with E-state index in [-0.39, 0.29) is 6.10 Å². The molecule has 0 saturated carbocycles. The molecule has 1 aromatic rings. The number of hydrogen-bond donors (Lipinski definition) is 1. The number of rotatable bonds is 3. The normalized spacial score (nSPS) is 25.1. The molecule has 4 nitrogen and oxygen atoms in total. The van der Waals surface area contributed by atoms with Crippen molar-refractivity contribution in [1.82, 2.24) is 14.5 Å². The van der Waals surface area contributed by atoms with E-state index in [1.54, 1.807) is 0 Å². The van der Waals surface area contributed by atoms with Gasteiger partial charge in [0.25, 0.3) is 0 Å². The number of aliphatic hydroxyl groups excluding tert-OH is 1. The average Bonchev–Trinajstić information content (AvgIpc) is 2.95. The van der Waals surface area contributed by atoms with Crippen LogP contribution >= 0.6 is 0 Å². The number of imidazole rings is 1. The second kappa shape index (κ2) is 4.78. The lowest BCUT2D eigenvalue weighted by molar-refractivity contribution is 0.138. The van der Waals surface area contributed by atoms with Crippen molar-refractivity contribution in [2.45, 2.75) is 44.8 Å². The molecule has 3 rings (SSSR count). The van der Waals surface area contributed by atoms with Gasteiger partial charge in [-0.05, 0) is 38.8 Å². The number of fused-ring (bicyclic) bond motifs is 1. The molecule has 0 radical (unpaired) electrons. The number of aliphatic hydroxyl groups is 1. The Morgan fingerprint density at radius 3 is 2.88 bits per heavy atom. The van der Waals surface area contributed by atoms with Crippen molar-refractivity contribution in [1.29, 1.82) is 0 Å². The van der Waals surface area contributed by atoms with E-state index < -0.39 is 0 Å². The van der Waals surface area contributed by atoms with Gasteiger partial charge in [-0.15, -0.1) is 0 Å². The summed E-state index contributed by atoms with van der Waals surface area (Å²) >= 11 is 0. The van der Waals surface area contributed by atoms with Crippen LogP contribution in [0.25, 0.3) is 0 Å². The Labute approximate surface area is 102 Å². The zero-order valence-corrected chi connectivity index (χ0v) is 10.3. The van der Waals surface area contributed by atoms with Crippen molar-refractivity contribution in [3.05, 3.63) is 17.7 Å². The molecule has 1 unspecified atom stereocenters. The highest BCUT2D eigenvalue weighted by molar-refractivity contribution is 5.11. The van der Waals surface area contributed by atoms with E-state index in [0.29, 0.717) is 0 Å². The number of likely N-dealkylation sites (tertiary alicyclic amines) is 1. The Bertz CT molecular complexity index is 382. The molecule has 0 amide bonds. The Kier molecular flexibility index (Phi) is 3.16. The molecule has 1 aromatic heterocycles. The van der Waals surface area contributed by atoms with Gasteiger partial charge in [-0.3, -0.25) is 0 Å². The Morgan fingerprint density at radius 2 is 2.06 bits per heavy atom. The van der Waals surface area contributed by atoms with Gasteiger partial charge in [0.05, 0.1) is 18.0 Å². The zero-order chi connectivity index (χ0) is 11.7.